The summed E-state index contributed by atoms with van der Waals surface area (Å²) in [4.78, 5) is 7.98. The van der Waals surface area contributed by atoms with Crippen LogP contribution in [-0.4, -0.2) is 9.97 Å². The summed E-state index contributed by atoms with van der Waals surface area (Å²) in [5.41, 5.74) is 0.885. The number of hydrogen-bond acceptors (Lipinski definition) is 3. The second-order valence-corrected chi connectivity index (χ2v) is 3.60. The van der Waals surface area contributed by atoms with Gasteiger partial charge in [-0.1, -0.05) is 41.4 Å². The molecular formula is C10H7Cl2N3. The Hall–Kier alpha value is -1.32. The Morgan fingerprint density at radius 3 is 2.13 bits per heavy atom. The molecule has 1 heterocycles. The molecule has 0 radical (unpaired) electrons. The lowest BCUT2D eigenvalue weighted by atomic mass is 10.3. The van der Waals surface area contributed by atoms with E-state index in [0.29, 0.717) is 16.3 Å². The molecule has 5 heteroatoms. The number of hydrogen-bond donors (Lipinski definition) is 1. The second-order valence-electron chi connectivity index (χ2n) is 2.83. The molecule has 0 saturated carbocycles. The Balaban J connectivity index is 2.25. The van der Waals surface area contributed by atoms with Gasteiger partial charge in [-0.2, -0.15) is 0 Å². The van der Waals surface area contributed by atoms with Gasteiger partial charge in [0, 0.05) is 11.8 Å². The van der Waals surface area contributed by atoms with Crippen LogP contribution in [0.2, 0.25) is 10.3 Å². The fourth-order valence-corrected chi connectivity index (χ4v) is 1.52. The van der Waals surface area contributed by atoms with Crippen LogP contribution >= 0.6 is 23.2 Å². The molecule has 2 aromatic rings. The summed E-state index contributed by atoms with van der Waals surface area (Å²) >= 11 is 11.5. The SMILES string of the molecule is Clc1cc(Cl)nc(Nc2ccccc2)n1. The van der Waals surface area contributed by atoms with Gasteiger partial charge in [0.05, 0.1) is 0 Å². The third-order valence-electron chi connectivity index (χ3n) is 1.69. The molecule has 2 rings (SSSR count). The van der Waals surface area contributed by atoms with Crippen molar-refractivity contribution in [2.45, 2.75) is 0 Å². The van der Waals surface area contributed by atoms with Crippen LogP contribution in [0.4, 0.5) is 11.6 Å². The molecule has 0 saturated heterocycles. The molecular weight excluding hydrogens is 233 g/mol. The predicted octanol–water partition coefficient (Wildman–Crippen LogP) is 3.53. The summed E-state index contributed by atoms with van der Waals surface area (Å²) in [5, 5.41) is 3.62. The van der Waals surface area contributed by atoms with Crippen molar-refractivity contribution in [3.8, 4) is 0 Å². The summed E-state index contributed by atoms with van der Waals surface area (Å²) in [7, 11) is 0. The second kappa shape index (κ2) is 4.47. The average Bonchev–Trinajstić information content (AvgIpc) is 2.17. The Bertz CT molecular complexity index is 439. The number of nitrogens with one attached hydrogen (secondary N) is 1. The molecule has 1 aromatic heterocycles. The summed E-state index contributed by atoms with van der Waals surface area (Å²) in [6.45, 7) is 0. The molecule has 0 fully saturated rings. The molecule has 15 heavy (non-hydrogen) atoms. The molecule has 0 atom stereocenters. The molecule has 0 spiro atoms. The van der Waals surface area contributed by atoms with Crippen LogP contribution < -0.4 is 5.32 Å². The molecule has 0 amide bonds. The maximum absolute atomic E-state index is 5.74. The summed E-state index contributed by atoms with van der Waals surface area (Å²) in [6.07, 6.45) is 0. The van der Waals surface area contributed by atoms with Crippen LogP contribution in [-0.2, 0) is 0 Å². The lowest BCUT2D eigenvalue weighted by molar-refractivity contribution is 1.17. The van der Waals surface area contributed by atoms with Crippen LogP contribution in [0.15, 0.2) is 36.4 Å². The quantitative estimate of drug-likeness (QED) is 0.816. The van der Waals surface area contributed by atoms with Crippen LogP contribution in [0.3, 0.4) is 0 Å². The molecule has 0 aliphatic carbocycles. The van der Waals surface area contributed by atoms with Crippen LogP contribution in [0.25, 0.3) is 0 Å². The first kappa shape index (κ1) is 10.2. The van der Waals surface area contributed by atoms with Gasteiger partial charge in [0.15, 0.2) is 0 Å². The van der Waals surface area contributed by atoms with E-state index in [4.69, 9.17) is 23.2 Å². The number of benzene rings is 1. The highest BCUT2D eigenvalue weighted by atomic mass is 35.5. The van der Waals surface area contributed by atoms with E-state index < -0.39 is 0 Å². The number of para-hydroxylation sites is 1. The Morgan fingerprint density at radius 2 is 1.53 bits per heavy atom. The number of rotatable bonds is 2. The maximum Gasteiger partial charge on any atom is 0.230 e. The van der Waals surface area contributed by atoms with E-state index in [1.54, 1.807) is 0 Å². The third-order valence-corrected chi connectivity index (χ3v) is 2.08. The normalized spacial score (nSPS) is 10.0. The van der Waals surface area contributed by atoms with E-state index in [0.717, 1.165) is 5.69 Å². The average molecular weight is 240 g/mol. The van der Waals surface area contributed by atoms with E-state index in [9.17, 15) is 0 Å². The van der Waals surface area contributed by atoms with Crippen molar-refractivity contribution in [2.75, 3.05) is 5.32 Å². The van der Waals surface area contributed by atoms with Crippen molar-refractivity contribution in [1.29, 1.82) is 0 Å². The van der Waals surface area contributed by atoms with Crippen molar-refractivity contribution in [3.63, 3.8) is 0 Å². The van der Waals surface area contributed by atoms with E-state index in [-0.39, 0.29) is 0 Å². The molecule has 1 N–H and O–H groups in total. The molecule has 1 aromatic carbocycles. The van der Waals surface area contributed by atoms with Crippen molar-refractivity contribution >= 4 is 34.8 Å². The van der Waals surface area contributed by atoms with Crippen molar-refractivity contribution in [3.05, 3.63) is 46.7 Å². The fraction of sp³-hybridized carbons (Fsp3) is 0. The first-order valence-corrected chi connectivity index (χ1v) is 5.02. The van der Waals surface area contributed by atoms with Gasteiger partial charge in [-0.05, 0) is 12.1 Å². The molecule has 76 valence electrons. The van der Waals surface area contributed by atoms with Crippen molar-refractivity contribution in [1.82, 2.24) is 9.97 Å². The van der Waals surface area contributed by atoms with E-state index in [2.05, 4.69) is 15.3 Å². The number of aromatic nitrogens is 2. The van der Waals surface area contributed by atoms with Gasteiger partial charge in [-0.3, -0.25) is 0 Å². The molecule has 0 unspecified atom stereocenters. The minimum absolute atomic E-state index is 0.313. The minimum atomic E-state index is 0.313. The van der Waals surface area contributed by atoms with Gasteiger partial charge in [-0.15, -0.1) is 0 Å². The van der Waals surface area contributed by atoms with E-state index >= 15 is 0 Å². The third kappa shape index (κ3) is 2.81. The lowest BCUT2D eigenvalue weighted by Gasteiger charge is -2.04. The van der Waals surface area contributed by atoms with Gasteiger partial charge in [0.2, 0.25) is 5.95 Å². The standard InChI is InChI=1S/C10H7Cl2N3/c11-8-6-9(12)15-10(14-8)13-7-4-2-1-3-5-7/h1-6H,(H,13,14,15). The van der Waals surface area contributed by atoms with Crippen molar-refractivity contribution < 1.29 is 0 Å². The summed E-state index contributed by atoms with van der Waals surface area (Å²) in [5.74, 6) is 0.388. The Morgan fingerprint density at radius 1 is 0.933 bits per heavy atom. The largest absolute Gasteiger partial charge is 0.324 e. The predicted molar refractivity (Wildman–Crippen MR) is 61.8 cm³/mol. The van der Waals surface area contributed by atoms with Gasteiger partial charge in [0.1, 0.15) is 10.3 Å². The Labute approximate surface area is 97.1 Å². The Kier molecular flexibility index (Phi) is 3.04. The smallest absolute Gasteiger partial charge is 0.230 e. The molecule has 3 nitrogen and oxygen atoms in total. The van der Waals surface area contributed by atoms with Crippen LogP contribution in [0.1, 0.15) is 0 Å². The van der Waals surface area contributed by atoms with Gasteiger partial charge >= 0.3 is 0 Å². The molecule has 0 aliphatic rings. The number of anilines is 2. The highest BCUT2D eigenvalue weighted by molar-refractivity contribution is 6.33. The first-order chi connectivity index (χ1) is 7.24. The summed E-state index contributed by atoms with van der Waals surface area (Å²) in [6, 6.07) is 11.0. The van der Waals surface area contributed by atoms with Gasteiger partial charge < -0.3 is 5.32 Å². The minimum Gasteiger partial charge on any atom is -0.324 e. The van der Waals surface area contributed by atoms with Crippen LogP contribution in [0.5, 0.6) is 0 Å². The maximum atomic E-state index is 5.74. The summed E-state index contributed by atoms with van der Waals surface area (Å²) < 4.78 is 0. The number of halogens is 2. The topological polar surface area (TPSA) is 37.8 Å². The monoisotopic (exact) mass is 239 g/mol. The molecule has 0 aliphatic heterocycles. The van der Waals surface area contributed by atoms with Crippen molar-refractivity contribution in [2.24, 2.45) is 0 Å². The van der Waals surface area contributed by atoms with Gasteiger partial charge in [-0.25, -0.2) is 9.97 Å². The highest BCUT2D eigenvalue weighted by Gasteiger charge is 2.01. The van der Waals surface area contributed by atoms with Gasteiger partial charge in [0.25, 0.3) is 0 Å². The fourth-order valence-electron chi connectivity index (χ4n) is 1.10. The lowest BCUT2D eigenvalue weighted by Crippen LogP contribution is -1.96. The first-order valence-electron chi connectivity index (χ1n) is 4.26. The van der Waals surface area contributed by atoms with E-state index in [1.807, 2.05) is 30.3 Å². The van der Waals surface area contributed by atoms with E-state index in [1.165, 1.54) is 6.07 Å². The van der Waals surface area contributed by atoms with Crippen LogP contribution in [0, 0.1) is 0 Å². The zero-order valence-electron chi connectivity index (χ0n) is 7.61. The zero-order chi connectivity index (χ0) is 10.7. The zero-order valence-corrected chi connectivity index (χ0v) is 9.13. The molecule has 0 bridgehead atoms. The number of nitrogens with zero attached hydrogens (tertiary/aromatic N) is 2. The highest BCUT2D eigenvalue weighted by Crippen LogP contribution is 2.17.